The Labute approximate surface area is 185 Å². The molecular formula is C25H35FN2O3. The number of aliphatic hydroxyl groups is 1. The van der Waals surface area contributed by atoms with Gasteiger partial charge in [-0.25, -0.2) is 4.39 Å². The molecule has 0 radical (unpaired) electrons. The highest BCUT2D eigenvalue weighted by Crippen LogP contribution is 2.24. The summed E-state index contributed by atoms with van der Waals surface area (Å²) in [7, 11) is 0. The maximum Gasteiger partial charge on any atom is 0.123 e. The van der Waals surface area contributed by atoms with Crippen LogP contribution in [-0.4, -0.2) is 62.1 Å². The third kappa shape index (κ3) is 7.28. The van der Waals surface area contributed by atoms with Gasteiger partial charge in [0.2, 0.25) is 0 Å². The molecule has 1 saturated heterocycles. The summed E-state index contributed by atoms with van der Waals surface area (Å²) in [5, 5.41) is 13.7. The van der Waals surface area contributed by atoms with E-state index in [2.05, 4.69) is 43.1 Å². The molecule has 3 rings (SSSR count). The minimum atomic E-state index is -0.624. The number of halogens is 1. The standard InChI is InChI=1S/C25H35FN2O3/c1-25(2,3)20-6-10-23(11-7-20)31-18-22(29)16-27-17-24(28-12-14-30-15-13-28)19-4-8-21(26)9-5-19/h4-11,22,24,27,29H,12-18H2,1-3H3/t22-,24-/m0/s1. The highest BCUT2D eigenvalue weighted by molar-refractivity contribution is 5.31. The van der Waals surface area contributed by atoms with Crippen molar-refractivity contribution in [3.63, 3.8) is 0 Å². The van der Waals surface area contributed by atoms with Crippen molar-refractivity contribution in [1.29, 1.82) is 0 Å². The maximum absolute atomic E-state index is 13.4. The molecule has 0 aromatic heterocycles. The first-order valence-electron chi connectivity index (χ1n) is 11.0. The van der Waals surface area contributed by atoms with E-state index in [1.165, 1.54) is 17.7 Å². The van der Waals surface area contributed by atoms with Crippen LogP contribution in [-0.2, 0) is 10.2 Å². The highest BCUT2D eigenvalue weighted by atomic mass is 19.1. The van der Waals surface area contributed by atoms with Gasteiger partial charge in [-0.05, 0) is 40.8 Å². The van der Waals surface area contributed by atoms with Gasteiger partial charge >= 0.3 is 0 Å². The van der Waals surface area contributed by atoms with E-state index in [0.717, 1.165) is 24.4 Å². The van der Waals surface area contributed by atoms with Crippen molar-refractivity contribution in [3.05, 3.63) is 65.5 Å². The molecule has 0 unspecified atom stereocenters. The van der Waals surface area contributed by atoms with Crippen molar-refractivity contribution in [2.75, 3.05) is 46.0 Å². The van der Waals surface area contributed by atoms with E-state index < -0.39 is 6.10 Å². The summed E-state index contributed by atoms with van der Waals surface area (Å²) < 4.78 is 24.6. The van der Waals surface area contributed by atoms with Gasteiger partial charge in [-0.3, -0.25) is 4.90 Å². The van der Waals surface area contributed by atoms with E-state index >= 15 is 0 Å². The molecule has 0 amide bonds. The summed E-state index contributed by atoms with van der Waals surface area (Å²) in [6.45, 7) is 10.9. The molecule has 5 nitrogen and oxygen atoms in total. The number of aliphatic hydroxyl groups excluding tert-OH is 1. The summed E-state index contributed by atoms with van der Waals surface area (Å²) in [5.74, 6) is 0.519. The summed E-state index contributed by atoms with van der Waals surface area (Å²) in [5.41, 5.74) is 2.40. The van der Waals surface area contributed by atoms with Crippen molar-refractivity contribution in [1.82, 2.24) is 10.2 Å². The molecule has 0 aliphatic carbocycles. The number of nitrogens with zero attached hydrogens (tertiary/aromatic N) is 1. The molecule has 170 valence electrons. The fourth-order valence-corrected chi connectivity index (χ4v) is 3.72. The molecule has 2 aromatic rings. The number of morpholine rings is 1. The predicted molar refractivity (Wildman–Crippen MR) is 121 cm³/mol. The summed E-state index contributed by atoms with van der Waals surface area (Å²) in [4.78, 5) is 2.34. The molecule has 0 bridgehead atoms. The summed E-state index contributed by atoms with van der Waals surface area (Å²) in [6.07, 6.45) is -0.624. The molecule has 0 spiro atoms. The summed E-state index contributed by atoms with van der Waals surface area (Å²) >= 11 is 0. The van der Waals surface area contributed by atoms with E-state index in [-0.39, 0.29) is 23.9 Å². The Bertz CT molecular complexity index is 784. The third-order valence-corrected chi connectivity index (χ3v) is 5.62. The van der Waals surface area contributed by atoms with Crippen LogP contribution >= 0.6 is 0 Å². The van der Waals surface area contributed by atoms with Crippen LogP contribution in [0.2, 0.25) is 0 Å². The molecule has 1 aliphatic heterocycles. The van der Waals surface area contributed by atoms with Crippen LogP contribution in [0.4, 0.5) is 4.39 Å². The Kier molecular flexibility index (Phi) is 8.43. The van der Waals surface area contributed by atoms with Gasteiger partial charge in [0.05, 0.1) is 13.2 Å². The van der Waals surface area contributed by atoms with Crippen LogP contribution in [0.1, 0.15) is 37.9 Å². The van der Waals surface area contributed by atoms with Crippen molar-refractivity contribution < 1.29 is 19.0 Å². The normalized spacial score (nSPS) is 17.3. The van der Waals surface area contributed by atoms with Gasteiger partial charge in [-0.15, -0.1) is 0 Å². The molecule has 31 heavy (non-hydrogen) atoms. The number of rotatable bonds is 9. The summed E-state index contributed by atoms with van der Waals surface area (Å²) in [6, 6.07) is 14.8. The van der Waals surface area contributed by atoms with Crippen LogP contribution < -0.4 is 10.1 Å². The van der Waals surface area contributed by atoms with Crippen molar-refractivity contribution in [3.8, 4) is 5.75 Å². The van der Waals surface area contributed by atoms with Crippen molar-refractivity contribution in [2.45, 2.75) is 38.3 Å². The smallest absolute Gasteiger partial charge is 0.123 e. The van der Waals surface area contributed by atoms with Gasteiger partial charge in [0.1, 0.15) is 24.3 Å². The van der Waals surface area contributed by atoms with E-state index in [1.807, 2.05) is 24.3 Å². The van der Waals surface area contributed by atoms with E-state index in [4.69, 9.17) is 9.47 Å². The topological polar surface area (TPSA) is 54.0 Å². The first-order valence-corrected chi connectivity index (χ1v) is 11.0. The van der Waals surface area contributed by atoms with Crippen LogP contribution in [0.5, 0.6) is 5.75 Å². The molecule has 2 N–H and O–H groups in total. The van der Waals surface area contributed by atoms with Crippen LogP contribution in [0.3, 0.4) is 0 Å². The molecule has 1 aliphatic rings. The fraction of sp³-hybridized carbons (Fsp3) is 0.520. The van der Waals surface area contributed by atoms with Gasteiger partial charge in [-0.1, -0.05) is 45.0 Å². The van der Waals surface area contributed by atoms with Crippen molar-refractivity contribution >= 4 is 0 Å². The third-order valence-electron chi connectivity index (χ3n) is 5.62. The number of hydrogen-bond acceptors (Lipinski definition) is 5. The lowest BCUT2D eigenvalue weighted by Gasteiger charge is -2.35. The zero-order valence-electron chi connectivity index (χ0n) is 18.8. The first kappa shape index (κ1) is 23.7. The second-order valence-electron chi connectivity index (χ2n) is 9.11. The minimum Gasteiger partial charge on any atom is -0.491 e. The monoisotopic (exact) mass is 430 g/mol. The van der Waals surface area contributed by atoms with E-state index in [0.29, 0.717) is 26.3 Å². The van der Waals surface area contributed by atoms with E-state index in [9.17, 15) is 9.50 Å². The van der Waals surface area contributed by atoms with Crippen LogP contribution in [0.25, 0.3) is 0 Å². The Morgan fingerprint density at radius 1 is 1.03 bits per heavy atom. The molecule has 1 heterocycles. The zero-order chi connectivity index (χ0) is 22.3. The molecule has 2 aromatic carbocycles. The fourth-order valence-electron chi connectivity index (χ4n) is 3.72. The number of nitrogens with one attached hydrogen (secondary N) is 1. The Morgan fingerprint density at radius 2 is 1.68 bits per heavy atom. The molecule has 2 atom stereocenters. The zero-order valence-corrected chi connectivity index (χ0v) is 18.8. The Morgan fingerprint density at radius 3 is 2.29 bits per heavy atom. The molecular weight excluding hydrogens is 395 g/mol. The van der Waals surface area contributed by atoms with Crippen LogP contribution in [0.15, 0.2) is 48.5 Å². The Hall–Kier alpha value is -1.99. The number of hydrogen-bond donors (Lipinski definition) is 2. The number of benzene rings is 2. The lowest BCUT2D eigenvalue weighted by Crippen LogP contribution is -2.44. The second kappa shape index (κ2) is 11.0. The predicted octanol–water partition coefficient (Wildman–Crippen LogP) is 3.53. The Balaban J connectivity index is 1.48. The molecule has 0 saturated carbocycles. The number of ether oxygens (including phenoxy) is 2. The van der Waals surface area contributed by atoms with Gasteiger partial charge < -0.3 is 19.9 Å². The quantitative estimate of drug-likeness (QED) is 0.638. The van der Waals surface area contributed by atoms with Gasteiger partial charge in [0.15, 0.2) is 0 Å². The van der Waals surface area contributed by atoms with Gasteiger partial charge in [0.25, 0.3) is 0 Å². The van der Waals surface area contributed by atoms with Crippen molar-refractivity contribution in [2.24, 2.45) is 0 Å². The minimum absolute atomic E-state index is 0.0996. The lowest BCUT2D eigenvalue weighted by molar-refractivity contribution is 0.0151. The molecule has 6 heteroatoms. The SMILES string of the molecule is CC(C)(C)c1ccc(OC[C@@H](O)CNC[C@@H](c2ccc(F)cc2)N2CCOCC2)cc1. The lowest BCUT2D eigenvalue weighted by atomic mass is 9.87. The first-order chi connectivity index (χ1) is 14.8. The second-order valence-corrected chi connectivity index (χ2v) is 9.11. The average molecular weight is 431 g/mol. The highest BCUT2D eigenvalue weighted by Gasteiger charge is 2.23. The van der Waals surface area contributed by atoms with Crippen LogP contribution in [0, 0.1) is 5.82 Å². The maximum atomic E-state index is 13.4. The molecule has 1 fully saturated rings. The van der Waals surface area contributed by atoms with Gasteiger partial charge in [-0.2, -0.15) is 0 Å². The largest absolute Gasteiger partial charge is 0.491 e. The average Bonchev–Trinajstić information content (AvgIpc) is 2.76. The van der Waals surface area contributed by atoms with Gasteiger partial charge in [0, 0.05) is 32.2 Å². The van der Waals surface area contributed by atoms with E-state index in [1.54, 1.807) is 0 Å².